The van der Waals surface area contributed by atoms with Gasteiger partial charge in [-0.1, -0.05) is 25.1 Å². The van der Waals surface area contributed by atoms with Crippen molar-refractivity contribution in [3.8, 4) is 11.6 Å². The number of hydrogen-bond donors (Lipinski definition) is 0. The van der Waals surface area contributed by atoms with E-state index in [9.17, 15) is 4.79 Å². The second-order valence-electron chi connectivity index (χ2n) is 5.50. The lowest BCUT2D eigenvalue weighted by Gasteiger charge is -2.10. The van der Waals surface area contributed by atoms with Gasteiger partial charge in [-0.05, 0) is 35.4 Å². The van der Waals surface area contributed by atoms with Gasteiger partial charge in [0.1, 0.15) is 12.4 Å². The number of rotatable bonds is 5. The summed E-state index contributed by atoms with van der Waals surface area (Å²) in [5, 5.41) is 12.2. The van der Waals surface area contributed by atoms with Crippen LogP contribution in [-0.2, 0) is 27.1 Å². The number of tetrazole rings is 1. The molecule has 24 heavy (non-hydrogen) atoms. The minimum atomic E-state index is -0.346. The number of para-hydroxylation sites is 1. The lowest BCUT2D eigenvalue weighted by molar-refractivity contribution is 0.302. The summed E-state index contributed by atoms with van der Waals surface area (Å²) >= 11 is 0. The van der Waals surface area contributed by atoms with Crippen LogP contribution in [0.25, 0.3) is 5.82 Å². The van der Waals surface area contributed by atoms with Crippen LogP contribution in [0.2, 0.25) is 0 Å². The van der Waals surface area contributed by atoms with Crippen LogP contribution in [0.15, 0.2) is 29.0 Å². The zero-order chi connectivity index (χ0) is 18.1. The molecule has 8 nitrogen and oxygen atoms in total. The molecule has 2 aromatic heterocycles. The van der Waals surface area contributed by atoms with E-state index in [1.807, 2.05) is 13.8 Å². The summed E-state index contributed by atoms with van der Waals surface area (Å²) in [6.07, 6.45) is 0.701. The third-order valence-corrected chi connectivity index (χ3v) is 3.84. The van der Waals surface area contributed by atoms with Gasteiger partial charge in [0.25, 0.3) is 0 Å². The number of nitrogens with zero attached hydrogens (tertiary/aromatic N) is 6. The van der Waals surface area contributed by atoms with E-state index in [0.29, 0.717) is 24.0 Å². The lowest BCUT2D eigenvalue weighted by Crippen LogP contribution is -2.24. The van der Waals surface area contributed by atoms with Gasteiger partial charge in [-0.15, -0.1) is 4.68 Å². The largest absolute Gasteiger partial charge is 0.488 e. The highest BCUT2D eigenvalue weighted by Gasteiger charge is 2.21. The van der Waals surface area contributed by atoms with Gasteiger partial charge in [0.2, 0.25) is 0 Å². The Morgan fingerprint density at radius 3 is 2.67 bits per heavy atom. The number of hydrogen-bond acceptors (Lipinski definition) is 5. The molecule has 3 rings (SSSR count). The zero-order valence-corrected chi connectivity index (χ0v) is 14.1. The summed E-state index contributed by atoms with van der Waals surface area (Å²) in [4.78, 5) is 12.2. The summed E-state index contributed by atoms with van der Waals surface area (Å²) < 4.78 is 17.6. The van der Waals surface area contributed by atoms with E-state index in [2.05, 4.69) is 15.5 Å². The molecule has 0 unspecified atom stereocenters. The molecule has 126 valence electrons. The van der Waals surface area contributed by atoms with Crippen molar-refractivity contribution in [2.24, 2.45) is 14.1 Å². The zero-order valence-electron chi connectivity index (χ0n) is 15.1. The molecule has 3 aromatic rings. The summed E-state index contributed by atoms with van der Waals surface area (Å²) in [6.45, 7) is 4.13. The molecule has 0 aliphatic rings. The average Bonchev–Trinajstić information content (AvgIpc) is 3.06. The van der Waals surface area contributed by atoms with Crippen molar-refractivity contribution in [2.45, 2.75) is 26.9 Å². The van der Waals surface area contributed by atoms with Crippen LogP contribution in [0.1, 0.15) is 25.1 Å². The standard InChI is InChI=1S/C16H20N6O2/c1-5-13-12(10-24-14-9-7-6-8-11(14)2)15(20(3)17-13)22-16(23)21(4)18-19-22/h6-9H,5,10H2,1-4H3/i6T. The Morgan fingerprint density at radius 2 is 2.04 bits per heavy atom. The smallest absolute Gasteiger partial charge is 0.369 e. The van der Waals surface area contributed by atoms with Crippen LogP contribution in [-0.4, -0.2) is 29.6 Å². The van der Waals surface area contributed by atoms with Gasteiger partial charge in [0.05, 0.1) is 12.6 Å². The summed E-state index contributed by atoms with van der Waals surface area (Å²) in [7, 11) is 3.31. The monoisotopic (exact) mass is 330 g/mol. The van der Waals surface area contributed by atoms with E-state index < -0.39 is 0 Å². The molecule has 0 saturated heterocycles. The molecule has 0 aliphatic heterocycles. The molecule has 0 radical (unpaired) electrons. The first-order valence-electron chi connectivity index (χ1n) is 8.16. The maximum atomic E-state index is 12.2. The molecule has 2 heterocycles. The van der Waals surface area contributed by atoms with Crippen LogP contribution < -0.4 is 10.4 Å². The fourth-order valence-electron chi connectivity index (χ4n) is 2.57. The Bertz CT molecular complexity index is 972. The van der Waals surface area contributed by atoms with E-state index >= 15 is 0 Å². The minimum absolute atomic E-state index is 0.244. The maximum absolute atomic E-state index is 12.2. The van der Waals surface area contributed by atoms with Crippen molar-refractivity contribution in [2.75, 3.05) is 0 Å². The van der Waals surface area contributed by atoms with E-state index in [4.69, 9.17) is 6.11 Å². The first-order valence-corrected chi connectivity index (χ1v) is 7.66. The molecule has 0 atom stereocenters. The molecule has 0 bridgehead atoms. The van der Waals surface area contributed by atoms with E-state index in [-0.39, 0.29) is 12.3 Å². The Kier molecular flexibility index (Phi) is 3.86. The maximum Gasteiger partial charge on any atom is 0.369 e. The van der Waals surface area contributed by atoms with Gasteiger partial charge in [0, 0.05) is 14.1 Å². The van der Waals surface area contributed by atoms with Crippen molar-refractivity contribution in [3.05, 3.63) is 51.5 Å². The summed E-state index contributed by atoms with van der Waals surface area (Å²) in [5.41, 5.74) is 2.17. The van der Waals surface area contributed by atoms with E-state index in [1.54, 1.807) is 37.0 Å². The molecule has 0 fully saturated rings. The van der Waals surface area contributed by atoms with Crippen molar-refractivity contribution in [1.29, 1.82) is 0 Å². The van der Waals surface area contributed by atoms with Crippen molar-refractivity contribution in [3.63, 3.8) is 0 Å². The van der Waals surface area contributed by atoms with Gasteiger partial charge in [-0.3, -0.25) is 4.68 Å². The third-order valence-electron chi connectivity index (χ3n) is 3.84. The molecule has 0 amide bonds. The van der Waals surface area contributed by atoms with Crippen LogP contribution in [0.3, 0.4) is 0 Å². The number of benzene rings is 1. The highest BCUT2D eigenvalue weighted by atomic mass is 16.5. The Balaban J connectivity index is 2.00. The Labute approximate surface area is 140 Å². The third kappa shape index (κ3) is 2.70. The second kappa shape index (κ2) is 6.31. The topological polar surface area (TPSA) is 79.8 Å². The first kappa shape index (κ1) is 14.7. The lowest BCUT2D eigenvalue weighted by atomic mass is 10.2. The molecular formula is C16H20N6O2. The van der Waals surface area contributed by atoms with Crippen molar-refractivity contribution >= 4 is 0 Å². The normalized spacial score (nSPS) is 11.6. The highest BCUT2D eigenvalue weighted by molar-refractivity contribution is 5.38. The van der Waals surface area contributed by atoms with Gasteiger partial charge < -0.3 is 4.74 Å². The van der Waals surface area contributed by atoms with Crippen LogP contribution in [0.5, 0.6) is 5.75 Å². The van der Waals surface area contributed by atoms with Crippen molar-refractivity contribution in [1.82, 2.24) is 29.6 Å². The quantitative estimate of drug-likeness (QED) is 0.701. The fraction of sp³-hybridized carbons (Fsp3) is 0.375. The van der Waals surface area contributed by atoms with Gasteiger partial charge in [0.15, 0.2) is 5.82 Å². The van der Waals surface area contributed by atoms with Gasteiger partial charge in [-0.25, -0.2) is 4.79 Å². The van der Waals surface area contributed by atoms with Crippen LogP contribution in [0.4, 0.5) is 0 Å². The van der Waals surface area contributed by atoms with E-state index in [1.165, 1.54) is 9.36 Å². The molecular weight excluding hydrogens is 308 g/mol. The highest BCUT2D eigenvalue weighted by Crippen LogP contribution is 2.22. The average molecular weight is 330 g/mol. The molecule has 0 spiro atoms. The molecule has 0 aliphatic carbocycles. The summed E-state index contributed by atoms with van der Waals surface area (Å²) in [5.74, 6) is 1.24. The predicted octanol–water partition coefficient (Wildman–Crippen LogP) is 1.15. The number of aromatic nitrogens is 6. The summed E-state index contributed by atoms with van der Waals surface area (Å²) in [6, 6.07) is 5.63. The molecule has 8 heteroatoms. The van der Waals surface area contributed by atoms with Crippen LogP contribution in [0, 0.1) is 6.92 Å². The molecule has 1 aromatic carbocycles. The van der Waals surface area contributed by atoms with Gasteiger partial charge >= 0.3 is 5.69 Å². The fourth-order valence-corrected chi connectivity index (χ4v) is 2.57. The number of ether oxygens (including phenoxy) is 1. The van der Waals surface area contributed by atoms with Crippen LogP contribution >= 0.6 is 0 Å². The molecule has 0 N–H and O–H groups in total. The van der Waals surface area contributed by atoms with Gasteiger partial charge in [-0.2, -0.15) is 9.78 Å². The molecule has 0 saturated carbocycles. The SMILES string of the molecule is [3H]c1ccc(OCc2c(CC)nn(C)c2-n2nnn(C)c2=O)c(C)c1. The minimum Gasteiger partial charge on any atom is -0.488 e. The van der Waals surface area contributed by atoms with E-state index in [0.717, 1.165) is 16.8 Å². The Hall–Kier alpha value is -2.90. The first-order chi connectivity index (χ1) is 11.9. The number of aryl methyl sites for hydroxylation is 4. The Morgan fingerprint density at radius 1 is 1.25 bits per heavy atom. The van der Waals surface area contributed by atoms with Crippen molar-refractivity contribution < 1.29 is 6.11 Å². The predicted molar refractivity (Wildman–Crippen MR) is 88.3 cm³/mol. The second-order valence-corrected chi connectivity index (χ2v) is 5.50.